The Balaban J connectivity index is 1.71. The third-order valence-electron chi connectivity index (χ3n) is 3.19. The lowest BCUT2D eigenvalue weighted by Crippen LogP contribution is -2.26. The minimum atomic E-state index is 0.0638. The van der Waals surface area contributed by atoms with Crippen molar-refractivity contribution >= 4 is 29.0 Å². The molecule has 0 aromatic carbocycles. The van der Waals surface area contributed by atoms with E-state index in [1.807, 2.05) is 4.57 Å². The number of amides is 1. The molecular formula is C15H22N4OS2. The molecule has 2 rings (SSSR count). The van der Waals surface area contributed by atoms with Gasteiger partial charge in [-0.1, -0.05) is 37.6 Å². The SMILES string of the molecule is CCCCCNC(=O)CSc1nncn1CCc1cccs1. The zero-order chi connectivity index (χ0) is 15.6. The molecule has 2 heterocycles. The van der Waals surface area contributed by atoms with Gasteiger partial charge in [-0.2, -0.15) is 0 Å². The summed E-state index contributed by atoms with van der Waals surface area (Å²) in [6, 6.07) is 4.19. The Bertz CT molecular complexity index is 554. The Labute approximate surface area is 139 Å². The van der Waals surface area contributed by atoms with E-state index in [2.05, 4.69) is 40.0 Å². The van der Waals surface area contributed by atoms with Crippen molar-refractivity contribution in [2.75, 3.05) is 12.3 Å². The fourth-order valence-electron chi connectivity index (χ4n) is 1.98. The van der Waals surface area contributed by atoms with Crippen LogP contribution in [0.1, 0.15) is 31.1 Å². The number of aryl methyl sites for hydroxylation is 2. The maximum Gasteiger partial charge on any atom is 0.230 e. The summed E-state index contributed by atoms with van der Waals surface area (Å²) in [5.41, 5.74) is 0. The van der Waals surface area contributed by atoms with Crippen molar-refractivity contribution in [3.8, 4) is 0 Å². The molecule has 0 atom stereocenters. The van der Waals surface area contributed by atoms with Crippen molar-refractivity contribution in [2.24, 2.45) is 0 Å². The van der Waals surface area contributed by atoms with Crippen LogP contribution in [0.3, 0.4) is 0 Å². The molecule has 0 spiro atoms. The normalized spacial score (nSPS) is 10.8. The second-order valence-corrected chi connectivity index (χ2v) is 6.96. The highest BCUT2D eigenvalue weighted by Crippen LogP contribution is 2.16. The Kier molecular flexibility index (Phi) is 7.45. The van der Waals surface area contributed by atoms with Gasteiger partial charge in [0.05, 0.1) is 5.75 Å². The quantitative estimate of drug-likeness (QED) is 0.534. The minimum Gasteiger partial charge on any atom is -0.355 e. The van der Waals surface area contributed by atoms with Crippen LogP contribution in [0.4, 0.5) is 0 Å². The van der Waals surface area contributed by atoms with Crippen molar-refractivity contribution in [3.63, 3.8) is 0 Å². The van der Waals surface area contributed by atoms with Gasteiger partial charge in [0, 0.05) is 18.0 Å². The Morgan fingerprint density at radius 2 is 2.36 bits per heavy atom. The summed E-state index contributed by atoms with van der Waals surface area (Å²) in [6.45, 7) is 3.76. The molecule has 2 aromatic rings. The highest BCUT2D eigenvalue weighted by molar-refractivity contribution is 7.99. The molecule has 0 radical (unpaired) electrons. The van der Waals surface area contributed by atoms with Crippen molar-refractivity contribution in [1.82, 2.24) is 20.1 Å². The number of rotatable bonds is 10. The summed E-state index contributed by atoms with van der Waals surface area (Å²) in [7, 11) is 0. The van der Waals surface area contributed by atoms with Crippen molar-refractivity contribution < 1.29 is 4.79 Å². The van der Waals surface area contributed by atoms with Crippen LogP contribution in [0, 0.1) is 0 Å². The number of thioether (sulfide) groups is 1. The second kappa shape index (κ2) is 9.63. The van der Waals surface area contributed by atoms with Crippen molar-refractivity contribution in [3.05, 3.63) is 28.7 Å². The first kappa shape index (κ1) is 17.0. The molecule has 7 heteroatoms. The summed E-state index contributed by atoms with van der Waals surface area (Å²) in [5, 5.41) is 13.9. The van der Waals surface area contributed by atoms with E-state index in [-0.39, 0.29) is 5.91 Å². The van der Waals surface area contributed by atoms with Gasteiger partial charge in [-0.05, 0) is 24.3 Å². The van der Waals surface area contributed by atoms with Crippen LogP contribution >= 0.6 is 23.1 Å². The number of hydrogen-bond acceptors (Lipinski definition) is 5. The molecule has 1 amide bonds. The van der Waals surface area contributed by atoms with Gasteiger partial charge in [0.25, 0.3) is 0 Å². The number of hydrogen-bond donors (Lipinski definition) is 1. The summed E-state index contributed by atoms with van der Waals surface area (Å²) in [5.74, 6) is 0.456. The van der Waals surface area contributed by atoms with Crippen LogP contribution in [0.2, 0.25) is 0 Å². The molecule has 0 aliphatic heterocycles. The maximum absolute atomic E-state index is 11.8. The lowest BCUT2D eigenvalue weighted by molar-refractivity contribution is -0.118. The number of unbranched alkanes of at least 4 members (excludes halogenated alkanes) is 2. The van der Waals surface area contributed by atoms with Gasteiger partial charge in [-0.25, -0.2) is 0 Å². The summed E-state index contributed by atoms with van der Waals surface area (Å²) < 4.78 is 2.01. The van der Waals surface area contributed by atoms with E-state index in [0.717, 1.165) is 43.9 Å². The van der Waals surface area contributed by atoms with Gasteiger partial charge in [-0.15, -0.1) is 21.5 Å². The van der Waals surface area contributed by atoms with E-state index in [1.165, 1.54) is 16.6 Å². The molecule has 2 aromatic heterocycles. The molecular weight excluding hydrogens is 316 g/mol. The molecule has 5 nitrogen and oxygen atoms in total. The number of thiophene rings is 1. The van der Waals surface area contributed by atoms with Crippen LogP contribution in [-0.2, 0) is 17.8 Å². The molecule has 120 valence electrons. The molecule has 0 bridgehead atoms. The number of nitrogens with zero attached hydrogens (tertiary/aromatic N) is 3. The van der Waals surface area contributed by atoms with Crippen LogP contribution in [0.5, 0.6) is 0 Å². The molecule has 0 saturated carbocycles. The van der Waals surface area contributed by atoms with E-state index in [1.54, 1.807) is 17.7 Å². The minimum absolute atomic E-state index is 0.0638. The number of carbonyl (C=O) groups is 1. The smallest absolute Gasteiger partial charge is 0.230 e. The molecule has 0 fully saturated rings. The van der Waals surface area contributed by atoms with Crippen molar-refractivity contribution in [1.29, 1.82) is 0 Å². The zero-order valence-electron chi connectivity index (χ0n) is 12.8. The molecule has 0 aliphatic rings. The van der Waals surface area contributed by atoms with E-state index in [9.17, 15) is 4.79 Å². The lowest BCUT2D eigenvalue weighted by atomic mass is 10.2. The average molecular weight is 339 g/mol. The van der Waals surface area contributed by atoms with Crippen LogP contribution in [0.25, 0.3) is 0 Å². The number of carbonyl (C=O) groups excluding carboxylic acids is 1. The summed E-state index contributed by atoms with van der Waals surface area (Å²) in [4.78, 5) is 13.1. The maximum atomic E-state index is 11.8. The standard InChI is InChI=1S/C15H22N4OS2/c1-2-3-4-8-16-14(20)11-22-15-18-17-12-19(15)9-7-13-6-5-10-21-13/h5-6,10,12H,2-4,7-9,11H2,1H3,(H,16,20). The van der Waals surface area contributed by atoms with Crippen LogP contribution < -0.4 is 5.32 Å². The second-order valence-electron chi connectivity index (χ2n) is 4.98. The largest absolute Gasteiger partial charge is 0.355 e. The molecule has 22 heavy (non-hydrogen) atoms. The van der Waals surface area contributed by atoms with Gasteiger partial charge in [-0.3, -0.25) is 4.79 Å². The highest BCUT2D eigenvalue weighted by Gasteiger charge is 2.08. The van der Waals surface area contributed by atoms with E-state index in [4.69, 9.17) is 0 Å². The number of aromatic nitrogens is 3. The van der Waals surface area contributed by atoms with Crippen LogP contribution in [-0.4, -0.2) is 33.0 Å². The molecule has 0 aliphatic carbocycles. The van der Waals surface area contributed by atoms with E-state index >= 15 is 0 Å². The Morgan fingerprint density at radius 1 is 1.45 bits per heavy atom. The fraction of sp³-hybridized carbons (Fsp3) is 0.533. The molecule has 0 saturated heterocycles. The van der Waals surface area contributed by atoms with Gasteiger partial charge >= 0.3 is 0 Å². The monoisotopic (exact) mass is 338 g/mol. The van der Waals surface area contributed by atoms with E-state index in [0.29, 0.717) is 5.75 Å². The highest BCUT2D eigenvalue weighted by atomic mass is 32.2. The van der Waals surface area contributed by atoms with E-state index < -0.39 is 0 Å². The molecule has 0 unspecified atom stereocenters. The van der Waals surface area contributed by atoms with Gasteiger partial charge < -0.3 is 9.88 Å². The third-order valence-corrected chi connectivity index (χ3v) is 5.11. The average Bonchev–Trinajstić information content (AvgIpc) is 3.18. The van der Waals surface area contributed by atoms with Crippen molar-refractivity contribution in [2.45, 2.75) is 44.3 Å². The first-order valence-corrected chi connectivity index (χ1v) is 9.45. The van der Waals surface area contributed by atoms with Gasteiger partial charge in [0.1, 0.15) is 6.33 Å². The zero-order valence-corrected chi connectivity index (χ0v) is 14.5. The predicted octanol–water partition coefficient (Wildman–Crippen LogP) is 2.98. The topological polar surface area (TPSA) is 59.8 Å². The van der Waals surface area contributed by atoms with Crippen LogP contribution in [0.15, 0.2) is 29.0 Å². The Morgan fingerprint density at radius 3 is 3.14 bits per heavy atom. The Hall–Kier alpha value is -1.34. The molecule has 1 N–H and O–H groups in total. The first-order chi connectivity index (χ1) is 10.8. The fourth-order valence-corrected chi connectivity index (χ4v) is 3.45. The van der Waals surface area contributed by atoms with Gasteiger partial charge in [0.15, 0.2) is 5.16 Å². The third kappa shape index (κ3) is 5.81. The summed E-state index contributed by atoms with van der Waals surface area (Å²) >= 11 is 3.20. The lowest BCUT2D eigenvalue weighted by Gasteiger charge is -2.06. The summed E-state index contributed by atoms with van der Waals surface area (Å²) in [6.07, 6.45) is 6.06. The number of nitrogens with one attached hydrogen (secondary N) is 1. The first-order valence-electron chi connectivity index (χ1n) is 7.59. The predicted molar refractivity (Wildman–Crippen MR) is 91.3 cm³/mol. The van der Waals surface area contributed by atoms with Gasteiger partial charge in [0.2, 0.25) is 5.91 Å².